The van der Waals surface area contributed by atoms with Gasteiger partial charge in [-0.2, -0.15) is 22.0 Å². The lowest BCUT2D eigenvalue weighted by atomic mass is 10.2. The molecule has 4 heterocycles. The molecule has 46 heavy (non-hydrogen) atoms. The molecule has 1 aliphatic rings. The molecule has 0 bridgehead atoms. The van der Waals surface area contributed by atoms with Gasteiger partial charge in [0.15, 0.2) is 5.65 Å². The van der Waals surface area contributed by atoms with E-state index >= 15 is 0 Å². The summed E-state index contributed by atoms with van der Waals surface area (Å²) in [5.74, 6) is 0.0316. The van der Waals surface area contributed by atoms with E-state index in [0.717, 1.165) is 27.6 Å². The molecule has 1 fully saturated rings. The molecule has 0 radical (unpaired) electrons. The zero-order valence-corrected chi connectivity index (χ0v) is 23.6. The number of carbonyl (C=O) groups excluding carboxylic acids is 2. The lowest BCUT2D eigenvalue weighted by Crippen LogP contribution is -2.33. The molecule has 6 rings (SSSR count). The van der Waals surface area contributed by atoms with Crippen LogP contribution in [0.2, 0.25) is 0 Å². The van der Waals surface area contributed by atoms with Crippen molar-refractivity contribution in [2.75, 3.05) is 23.5 Å². The molecule has 1 aliphatic heterocycles. The number of rotatable bonds is 9. The molecule has 5 aromatic rings. The van der Waals surface area contributed by atoms with Gasteiger partial charge in [0.1, 0.15) is 23.8 Å². The molecular formula is C30H21F5N6O5. The van der Waals surface area contributed by atoms with E-state index in [4.69, 9.17) is 9.47 Å². The zero-order valence-electron chi connectivity index (χ0n) is 23.6. The highest BCUT2D eigenvalue weighted by Crippen LogP contribution is 2.34. The van der Waals surface area contributed by atoms with Gasteiger partial charge in [-0.25, -0.2) is 19.4 Å². The molecule has 0 unspecified atom stereocenters. The maximum Gasteiger partial charge on any atom is 0.417 e. The van der Waals surface area contributed by atoms with Crippen LogP contribution in [0.5, 0.6) is 23.1 Å². The number of imide groups is 1. The minimum atomic E-state index is -4.68. The fourth-order valence-corrected chi connectivity index (χ4v) is 4.74. The maximum absolute atomic E-state index is 13.2. The van der Waals surface area contributed by atoms with Crippen molar-refractivity contribution in [2.24, 2.45) is 0 Å². The summed E-state index contributed by atoms with van der Waals surface area (Å²) in [5, 5.41) is 4.33. The number of aromatic nitrogens is 4. The van der Waals surface area contributed by atoms with Gasteiger partial charge in [0.05, 0.1) is 48.4 Å². The summed E-state index contributed by atoms with van der Waals surface area (Å²) in [6.07, 6.45) is -1.63. The van der Waals surface area contributed by atoms with Crippen LogP contribution in [0.1, 0.15) is 11.1 Å². The van der Waals surface area contributed by atoms with Gasteiger partial charge in [-0.1, -0.05) is 12.1 Å². The van der Waals surface area contributed by atoms with E-state index in [0.29, 0.717) is 11.9 Å². The van der Waals surface area contributed by atoms with E-state index in [1.165, 1.54) is 48.3 Å². The van der Waals surface area contributed by atoms with Crippen LogP contribution in [0.15, 0.2) is 79.3 Å². The van der Waals surface area contributed by atoms with Crippen molar-refractivity contribution in [1.29, 1.82) is 0 Å². The van der Waals surface area contributed by atoms with Crippen molar-refractivity contribution in [3.05, 3.63) is 90.4 Å². The fourth-order valence-electron chi connectivity index (χ4n) is 4.74. The maximum atomic E-state index is 13.2. The smallest absolute Gasteiger partial charge is 0.417 e. The summed E-state index contributed by atoms with van der Waals surface area (Å²) in [6, 6.07) is 14.1. The molecule has 0 aliphatic carbocycles. The van der Waals surface area contributed by atoms with Crippen LogP contribution in [0.4, 0.5) is 38.1 Å². The predicted octanol–water partition coefficient (Wildman–Crippen LogP) is 6.27. The van der Waals surface area contributed by atoms with Crippen molar-refractivity contribution in [2.45, 2.75) is 19.3 Å². The number of halogens is 5. The Morgan fingerprint density at radius 1 is 0.891 bits per heavy atom. The van der Waals surface area contributed by atoms with Gasteiger partial charge in [0.25, 0.3) is 5.91 Å². The Kier molecular flexibility index (Phi) is 7.85. The summed E-state index contributed by atoms with van der Waals surface area (Å²) in [6.45, 7) is -3.42. The summed E-state index contributed by atoms with van der Waals surface area (Å²) in [7, 11) is 1.54. The molecule has 16 heteroatoms. The van der Waals surface area contributed by atoms with Gasteiger partial charge in [0, 0.05) is 6.20 Å². The van der Waals surface area contributed by atoms with Crippen molar-refractivity contribution >= 4 is 34.3 Å². The number of amides is 3. The largest absolute Gasteiger partial charge is 0.497 e. The van der Waals surface area contributed by atoms with Crippen LogP contribution in [0.3, 0.4) is 0 Å². The van der Waals surface area contributed by atoms with Crippen LogP contribution in [0, 0.1) is 0 Å². The van der Waals surface area contributed by atoms with E-state index in [2.05, 4.69) is 19.8 Å². The highest BCUT2D eigenvalue weighted by Gasteiger charge is 2.39. The molecule has 11 nitrogen and oxygen atoms in total. The number of pyridine rings is 2. The van der Waals surface area contributed by atoms with Crippen molar-refractivity contribution in [1.82, 2.24) is 19.7 Å². The third-order valence-corrected chi connectivity index (χ3v) is 6.88. The molecular weight excluding hydrogens is 619 g/mol. The SMILES string of the molecule is COc1ccc(Cn2nc(OC(F)F)c3cc(Oc4ccc(N5C(=O)CN(c6cncc(C(F)(F)F)c6)C5=O)cc4)cnc32)cc1. The lowest BCUT2D eigenvalue weighted by Gasteiger charge is -2.18. The Morgan fingerprint density at radius 3 is 2.28 bits per heavy atom. The van der Waals surface area contributed by atoms with Crippen molar-refractivity contribution < 1.29 is 45.8 Å². The minimum absolute atomic E-state index is 0.144. The first-order chi connectivity index (χ1) is 22.0. The first-order valence-electron chi connectivity index (χ1n) is 13.4. The van der Waals surface area contributed by atoms with E-state index in [9.17, 15) is 31.5 Å². The number of ether oxygens (including phenoxy) is 3. The van der Waals surface area contributed by atoms with Gasteiger partial charge in [-0.3, -0.25) is 14.7 Å². The van der Waals surface area contributed by atoms with Crippen molar-refractivity contribution in [3.8, 4) is 23.1 Å². The zero-order chi connectivity index (χ0) is 32.6. The van der Waals surface area contributed by atoms with E-state index in [1.54, 1.807) is 24.3 Å². The van der Waals surface area contributed by atoms with Gasteiger partial charge in [-0.15, -0.1) is 5.10 Å². The predicted molar refractivity (Wildman–Crippen MR) is 152 cm³/mol. The third kappa shape index (κ3) is 6.09. The number of methoxy groups -OCH3 is 1. The monoisotopic (exact) mass is 640 g/mol. The first-order valence-corrected chi connectivity index (χ1v) is 13.4. The van der Waals surface area contributed by atoms with Gasteiger partial charge >= 0.3 is 18.8 Å². The first kappa shape index (κ1) is 30.2. The number of hydrogen-bond acceptors (Lipinski definition) is 8. The molecule has 236 valence electrons. The molecule has 1 saturated heterocycles. The molecule has 0 saturated carbocycles. The minimum Gasteiger partial charge on any atom is -0.497 e. The van der Waals surface area contributed by atoms with Gasteiger partial charge < -0.3 is 14.2 Å². The Hall–Kier alpha value is -5.80. The van der Waals surface area contributed by atoms with Crippen LogP contribution in [-0.4, -0.2) is 52.0 Å². The normalized spacial score (nSPS) is 13.6. The molecule has 2 aromatic carbocycles. The average molecular weight is 641 g/mol. The molecule has 0 N–H and O–H groups in total. The third-order valence-electron chi connectivity index (χ3n) is 6.88. The summed E-state index contributed by atoms with van der Waals surface area (Å²) in [5.41, 5.74) is -0.0245. The second kappa shape index (κ2) is 11.9. The average Bonchev–Trinajstić information content (AvgIpc) is 3.52. The lowest BCUT2D eigenvalue weighted by molar-refractivity contribution is -0.137. The Labute approximate surface area is 256 Å². The van der Waals surface area contributed by atoms with Gasteiger partial charge in [0.2, 0.25) is 5.88 Å². The topological polar surface area (TPSA) is 112 Å². The highest BCUT2D eigenvalue weighted by molar-refractivity contribution is 6.26. The highest BCUT2D eigenvalue weighted by atomic mass is 19.4. The van der Waals surface area contributed by atoms with Crippen LogP contribution in [-0.2, 0) is 17.5 Å². The summed E-state index contributed by atoms with van der Waals surface area (Å²) < 4.78 is 82.8. The Bertz CT molecular complexity index is 1910. The number of fused-ring (bicyclic) bond motifs is 1. The number of anilines is 2. The number of carbonyl (C=O) groups is 2. The number of urea groups is 1. The number of benzene rings is 2. The van der Waals surface area contributed by atoms with E-state index in [-0.39, 0.29) is 46.3 Å². The quantitative estimate of drug-likeness (QED) is 0.137. The Balaban J connectivity index is 1.20. The van der Waals surface area contributed by atoms with E-state index < -0.39 is 36.8 Å². The van der Waals surface area contributed by atoms with Crippen LogP contribution >= 0.6 is 0 Å². The number of alkyl halides is 5. The second-order valence-corrected chi connectivity index (χ2v) is 9.85. The number of nitrogens with zero attached hydrogens (tertiary/aromatic N) is 6. The molecule has 3 aromatic heterocycles. The molecule has 0 spiro atoms. The van der Waals surface area contributed by atoms with E-state index in [1.807, 2.05) is 0 Å². The summed E-state index contributed by atoms with van der Waals surface area (Å²) in [4.78, 5) is 35.3. The van der Waals surface area contributed by atoms with Crippen LogP contribution in [0.25, 0.3) is 11.0 Å². The Morgan fingerprint density at radius 2 is 1.61 bits per heavy atom. The molecule has 3 amide bonds. The fraction of sp³-hybridized carbons (Fsp3) is 0.167. The summed E-state index contributed by atoms with van der Waals surface area (Å²) >= 11 is 0. The van der Waals surface area contributed by atoms with Gasteiger partial charge in [-0.05, 0) is 54.1 Å². The standard InChI is InChI=1S/C30H21F5N6O5/c1-44-21-6-2-17(3-7-21)15-40-26-24(27(38-40)46-28(31)32)11-23(14-37-26)45-22-8-4-19(5-9-22)41-25(42)16-39(29(41)43)20-10-18(12-36-13-20)30(33,34)35/h2-14,28H,15-16H2,1H3. The number of hydrogen-bond donors (Lipinski definition) is 0. The van der Waals surface area contributed by atoms with Crippen LogP contribution < -0.4 is 24.0 Å². The second-order valence-electron chi connectivity index (χ2n) is 9.85. The van der Waals surface area contributed by atoms with Crippen molar-refractivity contribution in [3.63, 3.8) is 0 Å². The molecule has 0 atom stereocenters.